The zero-order valence-electron chi connectivity index (χ0n) is 17.6. The number of nitrogens with zero attached hydrogens (tertiary/aromatic N) is 2. The molecule has 0 N–H and O–H groups in total. The molecule has 1 atom stereocenters. The Kier molecular flexibility index (Phi) is 5.69. The highest BCUT2D eigenvalue weighted by molar-refractivity contribution is 7.89. The smallest absolute Gasteiger partial charge is 0.279 e. The van der Waals surface area contributed by atoms with Crippen molar-refractivity contribution in [1.29, 1.82) is 0 Å². The van der Waals surface area contributed by atoms with Crippen molar-refractivity contribution in [2.75, 3.05) is 14.2 Å². The lowest BCUT2D eigenvalue weighted by molar-refractivity contribution is 0.370. The standard InChI is InChI=1S/C24H24N2O4S/c1-17-4-14-22(15-5-17)31(27,28)26-24(19-8-12-21(30-3)13-9-19)16-23(25-26)18-6-10-20(29-2)11-7-18/h4-15,24H,16H2,1-3H3. The molecule has 0 fully saturated rings. The van der Waals surface area contributed by atoms with Gasteiger partial charge in [-0.3, -0.25) is 0 Å². The molecule has 160 valence electrons. The third kappa shape index (κ3) is 4.14. The van der Waals surface area contributed by atoms with E-state index >= 15 is 0 Å². The monoisotopic (exact) mass is 436 g/mol. The Morgan fingerprint density at radius 2 is 1.39 bits per heavy atom. The highest BCUT2D eigenvalue weighted by Crippen LogP contribution is 2.37. The van der Waals surface area contributed by atoms with Gasteiger partial charge in [-0.05, 0) is 66.6 Å². The van der Waals surface area contributed by atoms with Crippen molar-refractivity contribution >= 4 is 15.7 Å². The van der Waals surface area contributed by atoms with Crippen LogP contribution in [0.25, 0.3) is 0 Å². The fourth-order valence-electron chi connectivity index (χ4n) is 3.56. The van der Waals surface area contributed by atoms with E-state index in [4.69, 9.17) is 9.47 Å². The zero-order valence-corrected chi connectivity index (χ0v) is 18.5. The number of hydrogen-bond donors (Lipinski definition) is 0. The van der Waals surface area contributed by atoms with E-state index in [9.17, 15) is 8.42 Å². The summed E-state index contributed by atoms with van der Waals surface area (Å²) < 4.78 is 38.7. The third-order valence-electron chi connectivity index (χ3n) is 5.36. The molecule has 0 bridgehead atoms. The highest BCUT2D eigenvalue weighted by atomic mass is 32.2. The summed E-state index contributed by atoms with van der Waals surface area (Å²) in [7, 11) is -0.623. The van der Waals surface area contributed by atoms with Gasteiger partial charge in [-0.15, -0.1) is 0 Å². The zero-order chi connectivity index (χ0) is 22.0. The van der Waals surface area contributed by atoms with Crippen molar-refractivity contribution in [2.24, 2.45) is 5.10 Å². The predicted molar refractivity (Wildman–Crippen MR) is 120 cm³/mol. The second-order valence-corrected chi connectivity index (χ2v) is 9.15. The van der Waals surface area contributed by atoms with Gasteiger partial charge in [0, 0.05) is 6.42 Å². The van der Waals surface area contributed by atoms with Gasteiger partial charge >= 0.3 is 0 Å². The number of ether oxygens (including phenoxy) is 2. The first-order valence-electron chi connectivity index (χ1n) is 9.89. The number of rotatable bonds is 6. The average Bonchev–Trinajstić information content (AvgIpc) is 3.26. The van der Waals surface area contributed by atoms with Gasteiger partial charge in [0.1, 0.15) is 11.5 Å². The Hall–Kier alpha value is -3.32. The fourth-order valence-corrected chi connectivity index (χ4v) is 4.99. The average molecular weight is 437 g/mol. The topological polar surface area (TPSA) is 68.2 Å². The van der Waals surface area contributed by atoms with E-state index in [-0.39, 0.29) is 4.90 Å². The van der Waals surface area contributed by atoms with Gasteiger partial charge in [-0.2, -0.15) is 17.9 Å². The Morgan fingerprint density at radius 3 is 1.94 bits per heavy atom. The third-order valence-corrected chi connectivity index (χ3v) is 7.06. The van der Waals surface area contributed by atoms with Crippen LogP contribution in [0.3, 0.4) is 0 Å². The molecule has 1 aliphatic rings. The van der Waals surface area contributed by atoms with Gasteiger partial charge in [0.25, 0.3) is 10.0 Å². The summed E-state index contributed by atoms with van der Waals surface area (Å²) in [5, 5.41) is 4.57. The van der Waals surface area contributed by atoms with Crippen LogP contribution in [0.4, 0.5) is 0 Å². The lowest BCUT2D eigenvalue weighted by Crippen LogP contribution is -2.27. The van der Waals surface area contributed by atoms with E-state index in [0.29, 0.717) is 17.9 Å². The molecule has 0 saturated carbocycles. The Bertz CT molecular complexity index is 1190. The van der Waals surface area contributed by atoms with Crippen LogP contribution in [-0.2, 0) is 10.0 Å². The summed E-state index contributed by atoms with van der Waals surface area (Å²) in [6.07, 6.45) is 0.462. The van der Waals surface area contributed by atoms with Gasteiger partial charge < -0.3 is 9.47 Å². The minimum atomic E-state index is -3.83. The second-order valence-electron chi connectivity index (χ2n) is 7.36. The van der Waals surface area contributed by atoms with E-state index in [1.165, 1.54) is 4.41 Å². The summed E-state index contributed by atoms with van der Waals surface area (Å²) in [6, 6.07) is 21.3. The molecule has 0 aromatic heterocycles. The summed E-state index contributed by atoms with van der Waals surface area (Å²) in [4.78, 5) is 0.219. The van der Waals surface area contributed by atoms with Crippen molar-refractivity contribution in [3.63, 3.8) is 0 Å². The number of hydrogen-bond acceptors (Lipinski definition) is 5. The first-order chi connectivity index (χ1) is 14.9. The molecular formula is C24H24N2O4S. The molecule has 0 spiro atoms. The molecule has 7 heteroatoms. The number of hydrazone groups is 1. The molecule has 3 aromatic rings. The molecule has 1 unspecified atom stereocenters. The SMILES string of the molecule is COc1ccc(C2=NN(S(=O)(=O)c3ccc(C)cc3)C(c3ccc(OC)cc3)C2)cc1. The molecule has 6 nitrogen and oxygen atoms in total. The molecule has 31 heavy (non-hydrogen) atoms. The van der Waals surface area contributed by atoms with Crippen LogP contribution >= 0.6 is 0 Å². The first kappa shape index (κ1) is 20.9. The van der Waals surface area contributed by atoms with Crippen LogP contribution in [0.5, 0.6) is 11.5 Å². The number of aryl methyl sites for hydroxylation is 1. The fraction of sp³-hybridized carbons (Fsp3) is 0.208. The summed E-state index contributed by atoms with van der Waals surface area (Å²) >= 11 is 0. The van der Waals surface area contributed by atoms with Gasteiger partial charge in [-0.25, -0.2) is 0 Å². The lowest BCUT2D eigenvalue weighted by atomic mass is 9.99. The van der Waals surface area contributed by atoms with E-state index in [1.54, 1.807) is 38.5 Å². The molecule has 0 radical (unpaired) electrons. The van der Waals surface area contributed by atoms with E-state index in [1.807, 2.05) is 55.5 Å². The maximum Gasteiger partial charge on any atom is 0.279 e. The van der Waals surface area contributed by atoms with Gasteiger partial charge in [0.2, 0.25) is 0 Å². The number of benzene rings is 3. The largest absolute Gasteiger partial charge is 0.497 e. The summed E-state index contributed by atoms with van der Waals surface area (Å²) in [5.41, 5.74) is 3.42. The number of methoxy groups -OCH3 is 2. The molecular weight excluding hydrogens is 412 g/mol. The Morgan fingerprint density at radius 1 is 0.839 bits per heavy atom. The predicted octanol–water partition coefficient (Wildman–Crippen LogP) is 4.55. The van der Waals surface area contributed by atoms with Crippen LogP contribution in [0.15, 0.2) is 82.8 Å². The Balaban J connectivity index is 1.76. The summed E-state index contributed by atoms with van der Waals surface area (Å²) in [6.45, 7) is 1.92. The maximum atomic E-state index is 13.5. The quantitative estimate of drug-likeness (QED) is 0.568. The van der Waals surface area contributed by atoms with E-state index in [2.05, 4.69) is 5.10 Å². The van der Waals surface area contributed by atoms with Crippen molar-refractivity contribution in [3.05, 3.63) is 89.5 Å². The van der Waals surface area contributed by atoms with Crippen molar-refractivity contribution < 1.29 is 17.9 Å². The van der Waals surface area contributed by atoms with Gasteiger partial charge in [0.15, 0.2) is 0 Å². The minimum Gasteiger partial charge on any atom is -0.497 e. The molecule has 3 aromatic carbocycles. The van der Waals surface area contributed by atoms with Crippen LogP contribution < -0.4 is 9.47 Å². The van der Waals surface area contributed by atoms with E-state index < -0.39 is 16.1 Å². The lowest BCUT2D eigenvalue weighted by Gasteiger charge is -2.23. The number of sulfonamides is 1. The molecule has 0 saturated heterocycles. The molecule has 4 rings (SSSR count). The molecule has 0 amide bonds. The van der Waals surface area contributed by atoms with Gasteiger partial charge in [-0.1, -0.05) is 29.8 Å². The van der Waals surface area contributed by atoms with Crippen LogP contribution in [0.1, 0.15) is 29.2 Å². The molecule has 1 aliphatic heterocycles. The molecule has 1 heterocycles. The van der Waals surface area contributed by atoms with Crippen molar-refractivity contribution in [3.8, 4) is 11.5 Å². The normalized spacial score (nSPS) is 16.2. The summed E-state index contributed by atoms with van der Waals surface area (Å²) in [5.74, 6) is 1.45. The van der Waals surface area contributed by atoms with Crippen LogP contribution in [0, 0.1) is 6.92 Å². The van der Waals surface area contributed by atoms with Crippen LogP contribution in [0.2, 0.25) is 0 Å². The first-order valence-corrected chi connectivity index (χ1v) is 11.3. The van der Waals surface area contributed by atoms with E-state index in [0.717, 1.165) is 22.4 Å². The second kappa shape index (κ2) is 8.43. The maximum absolute atomic E-state index is 13.5. The highest BCUT2D eigenvalue weighted by Gasteiger charge is 2.37. The van der Waals surface area contributed by atoms with Gasteiger partial charge in [0.05, 0.1) is 30.9 Å². The minimum absolute atomic E-state index is 0.219. The molecule has 0 aliphatic carbocycles. The van der Waals surface area contributed by atoms with Crippen molar-refractivity contribution in [2.45, 2.75) is 24.3 Å². The van der Waals surface area contributed by atoms with Crippen molar-refractivity contribution in [1.82, 2.24) is 4.41 Å². The Labute approximate surface area is 182 Å². The van der Waals surface area contributed by atoms with Crippen LogP contribution in [-0.4, -0.2) is 32.8 Å².